The Morgan fingerprint density at radius 2 is 2.10 bits per heavy atom. The monoisotopic (exact) mass is 315 g/mol. The standard InChI is InChI=1S/C14H18FNO4S/c1-10-6-7-11(9-12(10)15)21(18,19)16-8-4-3-5-13(16)14(17)20-2/h6-7,9,13H,3-5,8H2,1-2H3/t13-/m1/s1. The van der Waals surface area contributed by atoms with Crippen molar-refractivity contribution >= 4 is 16.0 Å². The largest absolute Gasteiger partial charge is 0.468 e. The van der Waals surface area contributed by atoms with Gasteiger partial charge in [-0.05, 0) is 43.9 Å². The van der Waals surface area contributed by atoms with Gasteiger partial charge < -0.3 is 4.74 Å². The highest BCUT2D eigenvalue weighted by Crippen LogP contribution is 2.26. The van der Waals surface area contributed by atoms with Gasteiger partial charge in [0.25, 0.3) is 0 Å². The van der Waals surface area contributed by atoms with Crippen LogP contribution >= 0.6 is 0 Å². The van der Waals surface area contributed by atoms with Gasteiger partial charge in [0, 0.05) is 6.54 Å². The van der Waals surface area contributed by atoms with Gasteiger partial charge in [0.15, 0.2) is 0 Å². The Bertz CT molecular complexity index is 644. The summed E-state index contributed by atoms with van der Waals surface area (Å²) in [5.74, 6) is -1.16. The molecule has 5 nitrogen and oxygen atoms in total. The van der Waals surface area contributed by atoms with E-state index in [1.165, 1.54) is 19.2 Å². The fourth-order valence-electron chi connectivity index (χ4n) is 2.43. The predicted octanol–water partition coefficient (Wildman–Crippen LogP) is 1.85. The van der Waals surface area contributed by atoms with Crippen LogP contribution in [0.2, 0.25) is 0 Å². The summed E-state index contributed by atoms with van der Waals surface area (Å²) in [6.07, 6.45) is 1.84. The fraction of sp³-hybridized carbons (Fsp3) is 0.500. The molecular formula is C14H18FNO4S. The SMILES string of the molecule is COC(=O)[C@H]1CCCCN1S(=O)(=O)c1ccc(C)c(F)c1. The molecule has 0 aromatic heterocycles. The van der Waals surface area contributed by atoms with Crippen LogP contribution in [0.3, 0.4) is 0 Å². The first-order valence-corrected chi connectivity index (χ1v) is 8.17. The second-order valence-corrected chi connectivity index (χ2v) is 6.95. The molecule has 1 aromatic rings. The molecular weight excluding hydrogens is 297 g/mol. The van der Waals surface area contributed by atoms with Crippen LogP contribution in [0.5, 0.6) is 0 Å². The number of carbonyl (C=O) groups is 1. The Kier molecular flexibility index (Phi) is 4.63. The van der Waals surface area contributed by atoms with Crippen molar-refractivity contribution in [1.82, 2.24) is 4.31 Å². The zero-order chi connectivity index (χ0) is 15.6. The van der Waals surface area contributed by atoms with Crippen molar-refractivity contribution in [3.8, 4) is 0 Å². The zero-order valence-electron chi connectivity index (χ0n) is 12.0. The van der Waals surface area contributed by atoms with E-state index < -0.39 is 27.9 Å². The molecule has 21 heavy (non-hydrogen) atoms. The number of hydrogen-bond donors (Lipinski definition) is 0. The lowest BCUT2D eigenvalue weighted by Gasteiger charge is -2.32. The van der Waals surface area contributed by atoms with Crippen molar-refractivity contribution < 1.29 is 22.3 Å². The smallest absolute Gasteiger partial charge is 0.324 e. The summed E-state index contributed by atoms with van der Waals surface area (Å²) < 4.78 is 44.7. The Hall–Kier alpha value is -1.47. The maximum absolute atomic E-state index is 13.6. The minimum Gasteiger partial charge on any atom is -0.468 e. The van der Waals surface area contributed by atoms with Crippen LogP contribution in [0.15, 0.2) is 23.1 Å². The van der Waals surface area contributed by atoms with Gasteiger partial charge in [-0.25, -0.2) is 12.8 Å². The molecule has 0 aliphatic carbocycles. The molecule has 0 unspecified atom stereocenters. The van der Waals surface area contributed by atoms with Crippen molar-refractivity contribution in [3.05, 3.63) is 29.6 Å². The number of hydrogen-bond acceptors (Lipinski definition) is 4. The van der Waals surface area contributed by atoms with E-state index in [2.05, 4.69) is 4.74 Å². The Morgan fingerprint density at radius 1 is 1.38 bits per heavy atom. The van der Waals surface area contributed by atoms with E-state index >= 15 is 0 Å². The first kappa shape index (κ1) is 15.9. The third kappa shape index (κ3) is 3.08. The van der Waals surface area contributed by atoms with Crippen molar-refractivity contribution in [2.45, 2.75) is 37.1 Å². The van der Waals surface area contributed by atoms with Gasteiger partial charge in [0.1, 0.15) is 11.9 Å². The van der Waals surface area contributed by atoms with Gasteiger partial charge >= 0.3 is 5.97 Å². The molecule has 1 aliphatic heterocycles. The number of esters is 1. The third-order valence-corrected chi connectivity index (χ3v) is 5.58. The van der Waals surface area contributed by atoms with Crippen molar-refractivity contribution in [2.24, 2.45) is 0 Å². The number of sulfonamides is 1. The lowest BCUT2D eigenvalue weighted by atomic mass is 10.1. The molecule has 0 bridgehead atoms. The zero-order valence-corrected chi connectivity index (χ0v) is 12.8. The van der Waals surface area contributed by atoms with Gasteiger partial charge in [-0.3, -0.25) is 4.79 Å². The summed E-state index contributed by atoms with van der Waals surface area (Å²) in [4.78, 5) is 11.6. The molecule has 0 N–H and O–H groups in total. The van der Waals surface area contributed by atoms with Gasteiger partial charge in [0.2, 0.25) is 10.0 Å². The van der Waals surface area contributed by atoms with Crippen LogP contribution in [0.25, 0.3) is 0 Å². The summed E-state index contributed by atoms with van der Waals surface area (Å²) in [7, 11) is -2.68. The minimum atomic E-state index is -3.91. The minimum absolute atomic E-state index is 0.138. The highest BCUT2D eigenvalue weighted by molar-refractivity contribution is 7.89. The molecule has 2 rings (SSSR count). The quantitative estimate of drug-likeness (QED) is 0.799. The van der Waals surface area contributed by atoms with E-state index in [1.54, 1.807) is 6.92 Å². The summed E-state index contributed by atoms with van der Waals surface area (Å²) in [5, 5.41) is 0. The van der Waals surface area contributed by atoms with Gasteiger partial charge in [-0.2, -0.15) is 4.31 Å². The van der Waals surface area contributed by atoms with Crippen LogP contribution in [-0.2, 0) is 19.6 Å². The summed E-state index contributed by atoms with van der Waals surface area (Å²) >= 11 is 0. The highest BCUT2D eigenvalue weighted by Gasteiger charge is 2.38. The first-order valence-electron chi connectivity index (χ1n) is 6.73. The second kappa shape index (κ2) is 6.11. The number of methoxy groups -OCH3 is 1. The maximum Gasteiger partial charge on any atom is 0.324 e. The number of carbonyl (C=O) groups excluding carboxylic acids is 1. The topological polar surface area (TPSA) is 63.7 Å². The average molecular weight is 315 g/mol. The molecule has 1 aromatic carbocycles. The molecule has 0 amide bonds. The lowest BCUT2D eigenvalue weighted by molar-refractivity contribution is -0.146. The Morgan fingerprint density at radius 3 is 2.71 bits per heavy atom. The summed E-state index contributed by atoms with van der Waals surface area (Å²) in [6.45, 7) is 1.79. The third-order valence-electron chi connectivity index (χ3n) is 3.68. The number of piperidine rings is 1. The molecule has 1 fully saturated rings. The molecule has 1 saturated heterocycles. The van der Waals surface area contributed by atoms with Gasteiger partial charge in [0.05, 0.1) is 12.0 Å². The van der Waals surface area contributed by atoms with Crippen LogP contribution in [0.4, 0.5) is 4.39 Å². The van der Waals surface area contributed by atoms with Crippen LogP contribution in [0, 0.1) is 12.7 Å². The second-order valence-electron chi connectivity index (χ2n) is 5.06. The number of nitrogens with zero attached hydrogens (tertiary/aromatic N) is 1. The average Bonchev–Trinajstić information content (AvgIpc) is 2.49. The molecule has 1 aliphatic rings. The molecule has 0 spiro atoms. The van der Waals surface area contributed by atoms with Crippen molar-refractivity contribution in [2.75, 3.05) is 13.7 Å². The van der Waals surface area contributed by atoms with Crippen LogP contribution in [0.1, 0.15) is 24.8 Å². The summed E-state index contributed by atoms with van der Waals surface area (Å²) in [5.41, 5.74) is 0.372. The van der Waals surface area contributed by atoms with E-state index in [1.807, 2.05) is 0 Å². The lowest BCUT2D eigenvalue weighted by Crippen LogP contribution is -2.48. The first-order chi connectivity index (χ1) is 9.87. The molecule has 1 atom stereocenters. The fourth-order valence-corrected chi connectivity index (χ4v) is 4.09. The molecule has 1 heterocycles. The molecule has 0 saturated carbocycles. The predicted molar refractivity (Wildman–Crippen MR) is 74.7 cm³/mol. The van der Waals surface area contributed by atoms with Crippen molar-refractivity contribution in [1.29, 1.82) is 0 Å². The molecule has 7 heteroatoms. The van der Waals surface area contributed by atoms with Gasteiger partial charge in [-0.15, -0.1) is 0 Å². The number of rotatable bonds is 3. The van der Waals surface area contributed by atoms with Crippen LogP contribution in [-0.4, -0.2) is 38.4 Å². The number of halogens is 1. The van der Waals surface area contributed by atoms with E-state index in [-0.39, 0.29) is 11.4 Å². The van der Waals surface area contributed by atoms with Crippen molar-refractivity contribution in [3.63, 3.8) is 0 Å². The number of benzene rings is 1. The van der Waals surface area contributed by atoms with E-state index in [0.29, 0.717) is 18.4 Å². The van der Waals surface area contributed by atoms with E-state index in [0.717, 1.165) is 16.8 Å². The number of ether oxygens (including phenoxy) is 1. The Labute approximate surface area is 123 Å². The van der Waals surface area contributed by atoms with Gasteiger partial charge in [-0.1, -0.05) is 6.07 Å². The molecule has 116 valence electrons. The van der Waals surface area contributed by atoms with E-state index in [4.69, 9.17) is 0 Å². The highest BCUT2D eigenvalue weighted by atomic mass is 32.2. The normalized spacial score (nSPS) is 20.2. The summed E-state index contributed by atoms with van der Waals surface area (Å²) in [6, 6.07) is 2.93. The Balaban J connectivity index is 2.40. The maximum atomic E-state index is 13.6. The van der Waals surface area contributed by atoms with E-state index in [9.17, 15) is 17.6 Å². The molecule has 0 radical (unpaired) electrons. The van der Waals surface area contributed by atoms with Crippen LogP contribution < -0.4 is 0 Å². The number of aryl methyl sites for hydroxylation is 1.